The lowest BCUT2D eigenvalue weighted by molar-refractivity contribution is 0.261. The summed E-state index contributed by atoms with van der Waals surface area (Å²) in [4.78, 5) is 4.86. The highest BCUT2D eigenvalue weighted by atomic mass is 15.1. The maximum absolute atomic E-state index is 3.46. The number of hydrogen-bond acceptors (Lipinski definition) is 3. The molecule has 0 heterocycles. The van der Waals surface area contributed by atoms with E-state index in [1.807, 2.05) is 0 Å². The summed E-state index contributed by atoms with van der Waals surface area (Å²) in [6, 6.07) is 0. The van der Waals surface area contributed by atoms with Gasteiger partial charge in [0.1, 0.15) is 0 Å². The molecule has 0 radical (unpaired) electrons. The highest BCUT2D eigenvalue weighted by Gasteiger charge is 2.02. The van der Waals surface area contributed by atoms with Crippen LogP contribution >= 0.6 is 0 Å². The zero-order chi connectivity index (χ0) is 13.6. The molecule has 3 heteroatoms. The topological polar surface area (TPSA) is 18.5 Å². The van der Waals surface area contributed by atoms with Gasteiger partial charge < -0.3 is 15.1 Å². The minimum Gasteiger partial charge on any atom is -0.317 e. The molecule has 0 unspecified atom stereocenters. The summed E-state index contributed by atoms with van der Waals surface area (Å²) in [7, 11) is 4.30. The SMILES string of the molecule is CCCNCCCCCN(CC)CCCN(C)C. The van der Waals surface area contributed by atoms with E-state index in [-0.39, 0.29) is 0 Å². The van der Waals surface area contributed by atoms with Crippen molar-refractivity contribution in [2.45, 2.75) is 46.0 Å². The average molecular weight is 257 g/mol. The summed E-state index contributed by atoms with van der Waals surface area (Å²) >= 11 is 0. The molecule has 110 valence electrons. The van der Waals surface area contributed by atoms with E-state index in [2.05, 4.69) is 43.1 Å². The van der Waals surface area contributed by atoms with Gasteiger partial charge in [-0.25, -0.2) is 0 Å². The zero-order valence-corrected chi connectivity index (χ0v) is 13.2. The third-order valence-electron chi connectivity index (χ3n) is 3.28. The number of hydrogen-bond donors (Lipinski definition) is 1. The van der Waals surface area contributed by atoms with Crippen LogP contribution in [-0.4, -0.2) is 63.2 Å². The Bertz CT molecular complexity index is 160. The molecular weight excluding hydrogens is 222 g/mol. The van der Waals surface area contributed by atoms with Crippen LogP contribution in [0, 0.1) is 0 Å². The third kappa shape index (κ3) is 12.3. The minimum absolute atomic E-state index is 1.17. The van der Waals surface area contributed by atoms with Crippen LogP contribution in [0.15, 0.2) is 0 Å². The van der Waals surface area contributed by atoms with Crippen molar-refractivity contribution in [1.29, 1.82) is 0 Å². The van der Waals surface area contributed by atoms with E-state index >= 15 is 0 Å². The number of nitrogens with one attached hydrogen (secondary N) is 1. The lowest BCUT2D eigenvalue weighted by Crippen LogP contribution is -2.28. The fraction of sp³-hybridized carbons (Fsp3) is 1.00. The standard InChI is InChI=1S/C15H35N3/c1-5-11-16-12-8-7-9-14-18(6-2)15-10-13-17(3)4/h16H,5-15H2,1-4H3. The second kappa shape index (κ2) is 13.3. The van der Waals surface area contributed by atoms with Gasteiger partial charge in [-0.3, -0.25) is 0 Å². The quantitative estimate of drug-likeness (QED) is 0.511. The lowest BCUT2D eigenvalue weighted by Gasteiger charge is -2.21. The van der Waals surface area contributed by atoms with Crippen molar-refractivity contribution in [3.8, 4) is 0 Å². The Balaban J connectivity index is 3.33. The molecule has 0 spiro atoms. The highest BCUT2D eigenvalue weighted by molar-refractivity contribution is 4.58. The molecule has 0 saturated carbocycles. The van der Waals surface area contributed by atoms with E-state index in [1.54, 1.807) is 0 Å². The van der Waals surface area contributed by atoms with E-state index in [1.165, 1.54) is 71.4 Å². The van der Waals surface area contributed by atoms with Gasteiger partial charge >= 0.3 is 0 Å². The maximum atomic E-state index is 3.46. The molecular formula is C15H35N3. The molecule has 0 aromatic carbocycles. The Morgan fingerprint density at radius 2 is 1.50 bits per heavy atom. The zero-order valence-electron chi connectivity index (χ0n) is 13.2. The molecule has 0 aliphatic rings. The van der Waals surface area contributed by atoms with Crippen molar-refractivity contribution in [2.75, 3.05) is 53.4 Å². The first-order chi connectivity index (χ1) is 8.70. The van der Waals surface area contributed by atoms with Crippen molar-refractivity contribution < 1.29 is 0 Å². The summed E-state index contributed by atoms with van der Waals surface area (Å²) in [6.07, 6.45) is 6.58. The summed E-state index contributed by atoms with van der Waals surface area (Å²) in [5.41, 5.74) is 0. The van der Waals surface area contributed by atoms with Crippen LogP contribution in [0.4, 0.5) is 0 Å². The molecule has 0 aliphatic carbocycles. The third-order valence-corrected chi connectivity index (χ3v) is 3.28. The molecule has 0 fully saturated rings. The predicted octanol–water partition coefficient (Wildman–Crippen LogP) is 2.43. The first-order valence-corrected chi connectivity index (χ1v) is 7.78. The molecule has 1 N–H and O–H groups in total. The van der Waals surface area contributed by atoms with Gasteiger partial charge in [-0.05, 0) is 79.0 Å². The monoisotopic (exact) mass is 257 g/mol. The van der Waals surface area contributed by atoms with Crippen molar-refractivity contribution in [1.82, 2.24) is 15.1 Å². The Morgan fingerprint density at radius 3 is 2.11 bits per heavy atom. The molecule has 18 heavy (non-hydrogen) atoms. The highest BCUT2D eigenvalue weighted by Crippen LogP contribution is 2.00. The first kappa shape index (κ1) is 17.9. The van der Waals surface area contributed by atoms with Crippen molar-refractivity contribution in [3.05, 3.63) is 0 Å². The van der Waals surface area contributed by atoms with Crippen LogP contribution in [0.2, 0.25) is 0 Å². The Labute approximate surface area is 115 Å². The molecule has 0 saturated heterocycles. The van der Waals surface area contributed by atoms with E-state index in [9.17, 15) is 0 Å². The second-order valence-corrected chi connectivity index (χ2v) is 5.40. The van der Waals surface area contributed by atoms with Crippen LogP contribution < -0.4 is 5.32 Å². The fourth-order valence-corrected chi connectivity index (χ4v) is 2.10. The minimum atomic E-state index is 1.17. The van der Waals surface area contributed by atoms with E-state index in [0.29, 0.717) is 0 Å². The van der Waals surface area contributed by atoms with Crippen molar-refractivity contribution in [2.24, 2.45) is 0 Å². The first-order valence-electron chi connectivity index (χ1n) is 7.78. The molecule has 0 aromatic heterocycles. The summed E-state index contributed by atoms with van der Waals surface area (Å²) in [5, 5.41) is 3.46. The predicted molar refractivity (Wildman–Crippen MR) is 82.3 cm³/mol. The summed E-state index contributed by atoms with van der Waals surface area (Å²) in [6.45, 7) is 11.8. The fourth-order valence-electron chi connectivity index (χ4n) is 2.10. The molecule has 0 bridgehead atoms. The van der Waals surface area contributed by atoms with E-state index in [4.69, 9.17) is 0 Å². The van der Waals surface area contributed by atoms with Crippen LogP contribution in [0.3, 0.4) is 0 Å². The molecule has 3 nitrogen and oxygen atoms in total. The van der Waals surface area contributed by atoms with Gasteiger partial charge in [0, 0.05) is 0 Å². The van der Waals surface area contributed by atoms with Crippen LogP contribution in [0.25, 0.3) is 0 Å². The van der Waals surface area contributed by atoms with Gasteiger partial charge in [0.15, 0.2) is 0 Å². The Hall–Kier alpha value is -0.120. The Morgan fingerprint density at radius 1 is 0.778 bits per heavy atom. The van der Waals surface area contributed by atoms with Gasteiger partial charge in [0.05, 0.1) is 0 Å². The average Bonchev–Trinajstić information content (AvgIpc) is 2.35. The largest absolute Gasteiger partial charge is 0.317 e. The van der Waals surface area contributed by atoms with Crippen molar-refractivity contribution in [3.63, 3.8) is 0 Å². The van der Waals surface area contributed by atoms with Gasteiger partial charge in [-0.1, -0.05) is 20.3 Å². The molecule has 0 atom stereocenters. The van der Waals surface area contributed by atoms with E-state index < -0.39 is 0 Å². The molecule has 0 rings (SSSR count). The van der Waals surface area contributed by atoms with Gasteiger partial charge in [-0.2, -0.15) is 0 Å². The number of nitrogens with zero attached hydrogens (tertiary/aromatic N) is 2. The van der Waals surface area contributed by atoms with Gasteiger partial charge in [0.25, 0.3) is 0 Å². The van der Waals surface area contributed by atoms with Gasteiger partial charge in [0.2, 0.25) is 0 Å². The smallest absolute Gasteiger partial charge is 0.000667 e. The molecule has 0 aliphatic heterocycles. The van der Waals surface area contributed by atoms with Crippen molar-refractivity contribution >= 4 is 0 Å². The normalized spacial score (nSPS) is 11.7. The maximum Gasteiger partial charge on any atom is -0.000667 e. The van der Waals surface area contributed by atoms with Gasteiger partial charge in [-0.15, -0.1) is 0 Å². The molecule has 0 amide bonds. The van der Waals surface area contributed by atoms with E-state index in [0.717, 1.165) is 0 Å². The number of unbranched alkanes of at least 4 members (excludes halogenated alkanes) is 2. The molecule has 0 aromatic rings. The van der Waals surface area contributed by atoms with Crippen LogP contribution in [-0.2, 0) is 0 Å². The summed E-state index contributed by atoms with van der Waals surface area (Å²) < 4.78 is 0. The lowest BCUT2D eigenvalue weighted by atomic mass is 10.2. The summed E-state index contributed by atoms with van der Waals surface area (Å²) in [5.74, 6) is 0. The number of rotatable bonds is 13. The van der Waals surface area contributed by atoms with Crippen LogP contribution in [0.5, 0.6) is 0 Å². The van der Waals surface area contributed by atoms with Crippen LogP contribution in [0.1, 0.15) is 46.0 Å². The second-order valence-electron chi connectivity index (χ2n) is 5.40. The Kier molecular flexibility index (Phi) is 13.2.